The number of anilines is 1. The number of nitrogens with one attached hydrogen (secondary N) is 1. The van der Waals surface area contributed by atoms with Gasteiger partial charge in [-0.05, 0) is 59.2 Å². The molecule has 0 unspecified atom stereocenters. The van der Waals surface area contributed by atoms with E-state index in [9.17, 15) is 13.2 Å². The van der Waals surface area contributed by atoms with Crippen molar-refractivity contribution in [3.05, 3.63) is 108 Å². The van der Waals surface area contributed by atoms with Crippen molar-refractivity contribution in [2.24, 2.45) is 0 Å². The van der Waals surface area contributed by atoms with E-state index in [2.05, 4.69) is 4.72 Å². The van der Waals surface area contributed by atoms with E-state index in [1.807, 2.05) is 55.5 Å². The Morgan fingerprint density at radius 3 is 2.41 bits per heavy atom. The quantitative estimate of drug-likeness (QED) is 0.443. The molecule has 4 rings (SSSR count). The molecule has 0 atom stereocenters. The van der Waals surface area contributed by atoms with E-state index in [1.54, 1.807) is 42.3 Å². The standard InChI is InChI=1S/C26H24N2O3S/c1-19-8-5-13-23(16-19)27-32(30,31)24-14-7-11-21(17-24)26(29)28(2)18-22-12-6-10-20-9-3-4-15-25(20)22/h3-17,27H,18H2,1-2H3. The molecule has 0 fully saturated rings. The third-order valence-electron chi connectivity index (χ3n) is 5.30. The molecule has 1 N–H and O–H groups in total. The van der Waals surface area contributed by atoms with Crippen molar-refractivity contribution < 1.29 is 13.2 Å². The van der Waals surface area contributed by atoms with Crippen molar-refractivity contribution in [2.75, 3.05) is 11.8 Å². The molecule has 5 nitrogen and oxygen atoms in total. The van der Waals surface area contributed by atoms with Gasteiger partial charge in [0.2, 0.25) is 0 Å². The molecule has 0 saturated heterocycles. The van der Waals surface area contributed by atoms with E-state index in [1.165, 1.54) is 12.1 Å². The van der Waals surface area contributed by atoms with E-state index in [4.69, 9.17) is 0 Å². The first-order valence-electron chi connectivity index (χ1n) is 10.3. The summed E-state index contributed by atoms with van der Waals surface area (Å²) in [5.74, 6) is -0.245. The molecular formula is C26H24N2O3S. The highest BCUT2D eigenvalue weighted by atomic mass is 32.2. The highest BCUT2D eigenvalue weighted by Crippen LogP contribution is 2.22. The molecule has 0 aliphatic heterocycles. The average Bonchev–Trinajstić information content (AvgIpc) is 2.78. The molecule has 4 aromatic rings. The van der Waals surface area contributed by atoms with Gasteiger partial charge in [-0.2, -0.15) is 0 Å². The molecule has 0 aliphatic rings. The zero-order valence-electron chi connectivity index (χ0n) is 17.9. The molecule has 0 bridgehead atoms. The SMILES string of the molecule is Cc1cccc(NS(=O)(=O)c2cccc(C(=O)N(C)Cc3cccc4ccccc34)c2)c1. The molecular weight excluding hydrogens is 420 g/mol. The largest absolute Gasteiger partial charge is 0.337 e. The van der Waals surface area contributed by atoms with Gasteiger partial charge in [0.25, 0.3) is 15.9 Å². The van der Waals surface area contributed by atoms with Crippen LogP contribution in [0.5, 0.6) is 0 Å². The van der Waals surface area contributed by atoms with Gasteiger partial charge in [-0.15, -0.1) is 0 Å². The van der Waals surface area contributed by atoms with Crippen molar-refractivity contribution in [1.82, 2.24) is 4.90 Å². The van der Waals surface area contributed by atoms with Crippen LogP contribution in [0, 0.1) is 6.92 Å². The Kier molecular flexibility index (Phi) is 5.97. The number of carbonyl (C=O) groups is 1. The minimum Gasteiger partial charge on any atom is -0.337 e. The minimum atomic E-state index is -3.82. The number of aryl methyl sites for hydroxylation is 1. The van der Waals surface area contributed by atoms with Crippen LogP contribution in [-0.2, 0) is 16.6 Å². The molecule has 0 saturated carbocycles. The first-order valence-corrected chi connectivity index (χ1v) is 11.7. The number of hydrogen-bond acceptors (Lipinski definition) is 3. The van der Waals surface area contributed by atoms with E-state index < -0.39 is 10.0 Å². The third kappa shape index (κ3) is 4.65. The van der Waals surface area contributed by atoms with Gasteiger partial charge in [0.05, 0.1) is 4.90 Å². The minimum absolute atomic E-state index is 0.0448. The van der Waals surface area contributed by atoms with Gasteiger partial charge in [0.1, 0.15) is 0 Å². The lowest BCUT2D eigenvalue weighted by atomic mass is 10.0. The summed E-state index contributed by atoms with van der Waals surface area (Å²) < 4.78 is 28.3. The van der Waals surface area contributed by atoms with Crippen LogP contribution in [0.4, 0.5) is 5.69 Å². The Hall–Kier alpha value is -3.64. The second-order valence-electron chi connectivity index (χ2n) is 7.80. The molecule has 0 aliphatic carbocycles. The van der Waals surface area contributed by atoms with Gasteiger partial charge in [-0.25, -0.2) is 8.42 Å². The van der Waals surface area contributed by atoms with Crippen LogP contribution in [0.25, 0.3) is 10.8 Å². The lowest BCUT2D eigenvalue weighted by molar-refractivity contribution is 0.0785. The van der Waals surface area contributed by atoms with Crippen molar-refractivity contribution in [1.29, 1.82) is 0 Å². The number of nitrogens with zero attached hydrogens (tertiary/aromatic N) is 1. The summed E-state index contributed by atoms with van der Waals surface area (Å²) in [4.78, 5) is 14.7. The number of hydrogen-bond donors (Lipinski definition) is 1. The number of rotatable bonds is 6. The van der Waals surface area contributed by atoms with E-state index in [0.29, 0.717) is 17.8 Å². The molecule has 6 heteroatoms. The summed E-state index contributed by atoms with van der Waals surface area (Å²) in [7, 11) is -2.10. The van der Waals surface area contributed by atoms with Crippen LogP contribution in [0.1, 0.15) is 21.5 Å². The second kappa shape index (κ2) is 8.85. The maximum atomic E-state index is 13.1. The molecule has 162 valence electrons. The highest BCUT2D eigenvalue weighted by molar-refractivity contribution is 7.92. The van der Waals surface area contributed by atoms with Crippen LogP contribution in [0.3, 0.4) is 0 Å². The second-order valence-corrected chi connectivity index (χ2v) is 9.48. The van der Waals surface area contributed by atoms with Gasteiger partial charge >= 0.3 is 0 Å². The Labute approximate surface area is 188 Å². The van der Waals surface area contributed by atoms with Crippen LogP contribution in [0.2, 0.25) is 0 Å². The van der Waals surface area contributed by atoms with Gasteiger partial charge in [-0.1, -0.05) is 60.7 Å². The molecule has 4 aromatic carbocycles. The van der Waals surface area contributed by atoms with Crippen LogP contribution in [-0.4, -0.2) is 26.3 Å². The lowest BCUT2D eigenvalue weighted by Gasteiger charge is -2.19. The zero-order valence-corrected chi connectivity index (χ0v) is 18.8. The first-order chi connectivity index (χ1) is 15.3. The Morgan fingerprint density at radius 2 is 1.59 bits per heavy atom. The Balaban J connectivity index is 1.56. The zero-order chi connectivity index (χ0) is 22.7. The summed E-state index contributed by atoms with van der Waals surface area (Å²) in [6.45, 7) is 2.31. The van der Waals surface area contributed by atoms with E-state index >= 15 is 0 Å². The fraction of sp³-hybridized carbons (Fsp3) is 0.115. The number of sulfonamides is 1. The van der Waals surface area contributed by atoms with Gasteiger partial charge < -0.3 is 4.90 Å². The predicted molar refractivity (Wildman–Crippen MR) is 128 cm³/mol. The summed E-state index contributed by atoms with van der Waals surface area (Å²) in [6.07, 6.45) is 0. The fourth-order valence-electron chi connectivity index (χ4n) is 3.70. The first kappa shape index (κ1) is 21.6. The lowest BCUT2D eigenvalue weighted by Crippen LogP contribution is -2.26. The summed E-state index contributed by atoms with van der Waals surface area (Å²) in [5, 5.41) is 2.20. The van der Waals surface area contributed by atoms with Crippen molar-refractivity contribution in [3.63, 3.8) is 0 Å². The molecule has 32 heavy (non-hydrogen) atoms. The van der Waals surface area contributed by atoms with Crippen molar-refractivity contribution >= 4 is 32.4 Å². The molecule has 0 spiro atoms. The van der Waals surface area contributed by atoms with E-state index in [-0.39, 0.29) is 10.8 Å². The van der Waals surface area contributed by atoms with Crippen LogP contribution in [0.15, 0.2) is 95.9 Å². The Bertz CT molecular complexity index is 1390. The molecule has 0 aromatic heterocycles. The molecule has 1 amide bonds. The number of fused-ring (bicyclic) bond motifs is 1. The van der Waals surface area contributed by atoms with Crippen molar-refractivity contribution in [3.8, 4) is 0 Å². The maximum Gasteiger partial charge on any atom is 0.261 e. The number of amides is 1. The van der Waals surface area contributed by atoms with Gasteiger partial charge in [-0.3, -0.25) is 9.52 Å². The normalized spacial score (nSPS) is 11.3. The smallest absolute Gasteiger partial charge is 0.261 e. The average molecular weight is 445 g/mol. The van der Waals surface area contributed by atoms with Crippen molar-refractivity contribution in [2.45, 2.75) is 18.4 Å². The Morgan fingerprint density at radius 1 is 0.875 bits per heavy atom. The number of carbonyl (C=O) groups excluding carboxylic acids is 1. The summed E-state index contributed by atoms with van der Waals surface area (Å²) >= 11 is 0. The van der Waals surface area contributed by atoms with Crippen LogP contribution >= 0.6 is 0 Å². The maximum absolute atomic E-state index is 13.1. The molecule has 0 heterocycles. The predicted octanol–water partition coefficient (Wildman–Crippen LogP) is 5.22. The summed E-state index contributed by atoms with van der Waals surface area (Å²) in [6, 6.07) is 27.3. The molecule has 0 radical (unpaired) electrons. The topological polar surface area (TPSA) is 66.5 Å². The summed E-state index contributed by atoms with van der Waals surface area (Å²) in [5.41, 5.74) is 2.78. The van der Waals surface area contributed by atoms with Gasteiger partial charge in [0.15, 0.2) is 0 Å². The van der Waals surface area contributed by atoms with E-state index in [0.717, 1.165) is 21.9 Å². The monoisotopic (exact) mass is 444 g/mol. The fourth-order valence-corrected chi connectivity index (χ4v) is 4.79. The third-order valence-corrected chi connectivity index (χ3v) is 6.67. The van der Waals surface area contributed by atoms with Crippen LogP contribution < -0.4 is 4.72 Å². The number of benzene rings is 4. The van der Waals surface area contributed by atoms with Gasteiger partial charge in [0, 0.05) is 24.8 Å². The highest BCUT2D eigenvalue weighted by Gasteiger charge is 2.19.